The second kappa shape index (κ2) is 5.30. The van der Waals surface area contributed by atoms with Gasteiger partial charge in [-0.2, -0.15) is 0 Å². The van der Waals surface area contributed by atoms with Gasteiger partial charge < -0.3 is 9.64 Å². The normalized spacial score (nSPS) is 33.8. The van der Waals surface area contributed by atoms with Gasteiger partial charge in [0.25, 0.3) is 0 Å². The third-order valence-corrected chi connectivity index (χ3v) is 5.02. The van der Waals surface area contributed by atoms with Crippen molar-refractivity contribution in [3.63, 3.8) is 0 Å². The number of ether oxygens (including phenoxy) is 1. The summed E-state index contributed by atoms with van der Waals surface area (Å²) in [7, 11) is 0. The second-order valence-electron chi connectivity index (χ2n) is 6.18. The molecule has 4 heterocycles. The predicted octanol–water partition coefficient (Wildman–Crippen LogP) is 1.17. The Bertz CT molecular complexity index is 448. The van der Waals surface area contributed by atoms with Crippen LogP contribution in [0.5, 0.6) is 0 Å². The average Bonchev–Trinajstić information content (AvgIpc) is 3.19. The minimum absolute atomic E-state index is 0.611. The summed E-state index contributed by atoms with van der Waals surface area (Å²) < 4.78 is 5.51. The first-order chi connectivity index (χ1) is 9.92. The summed E-state index contributed by atoms with van der Waals surface area (Å²) >= 11 is 0. The Morgan fingerprint density at radius 2 is 1.95 bits per heavy atom. The monoisotopic (exact) mass is 274 g/mol. The molecule has 20 heavy (non-hydrogen) atoms. The number of rotatable bonds is 3. The van der Waals surface area contributed by atoms with Crippen molar-refractivity contribution in [1.82, 2.24) is 14.9 Å². The van der Waals surface area contributed by atoms with E-state index in [2.05, 4.69) is 19.8 Å². The van der Waals surface area contributed by atoms with Gasteiger partial charge in [0.05, 0.1) is 6.61 Å². The molecule has 1 unspecified atom stereocenters. The van der Waals surface area contributed by atoms with Crippen LogP contribution in [0.25, 0.3) is 0 Å². The smallest absolute Gasteiger partial charge is 0.225 e. The molecular formula is C15H22N4O. The van der Waals surface area contributed by atoms with E-state index in [1.165, 1.54) is 32.4 Å². The average molecular weight is 274 g/mol. The molecule has 108 valence electrons. The van der Waals surface area contributed by atoms with Crippen molar-refractivity contribution in [2.75, 3.05) is 37.7 Å². The first kappa shape index (κ1) is 12.5. The Balaban J connectivity index is 1.44. The zero-order valence-corrected chi connectivity index (χ0v) is 11.8. The highest BCUT2D eigenvalue weighted by molar-refractivity contribution is 5.35. The lowest BCUT2D eigenvalue weighted by atomic mass is 10.1. The molecule has 3 atom stereocenters. The maximum absolute atomic E-state index is 5.51. The standard InChI is InChI=1S/C15H22N4O/c1-5-16-15(17-6-1)19-8-3-13-14(19)2-7-18(13)10-12-4-9-20-11-12/h1,5-6,12-14H,2-4,7-11H2/t12?,13-,14+/m1/s1. The fourth-order valence-corrected chi connectivity index (χ4v) is 4.05. The molecule has 3 aliphatic rings. The molecule has 0 bridgehead atoms. The van der Waals surface area contributed by atoms with Crippen LogP contribution < -0.4 is 4.90 Å². The Morgan fingerprint density at radius 1 is 1.10 bits per heavy atom. The molecule has 3 aliphatic heterocycles. The minimum atomic E-state index is 0.611. The van der Waals surface area contributed by atoms with E-state index in [1.54, 1.807) is 0 Å². The number of likely N-dealkylation sites (tertiary alicyclic amines) is 1. The maximum Gasteiger partial charge on any atom is 0.225 e. The van der Waals surface area contributed by atoms with E-state index < -0.39 is 0 Å². The Hall–Kier alpha value is -1.20. The van der Waals surface area contributed by atoms with E-state index in [0.717, 1.165) is 31.6 Å². The Labute approximate surface area is 120 Å². The molecule has 3 saturated heterocycles. The van der Waals surface area contributed by atoms with E-state index in [-0.39, 0.29) is 0 Å². The maximum atomic E-state index is 5.51. The molecule has 0 amide bonds. The third kappa shape index (κ3) is 2.19. The molecule has 1 aromatic heterocycles. The largest absolute Gasteiger partial charge is 0.381 e. The van der Waals surface area contributed by atoms with Crippen LogP contribution in [0, 0.1) is 5.92 Å². The van der Waals surface area contributed by atoms with Crippen molar-refractivity contribution in [1.29, 1.82) is 0 Å². The summed E-state index contributed by atoms with van der Waals surface area (Å²) in [5, 5.41) is 0. The third-order valence-electron chi connectivity index (χ3n) is 5.02. The van der Waals surface area contributed by atoms with Crippen LogP contribution in [0.2, 0.25) is 0 Å². The van der Waals surface area contributed by atoms with Crippen molar-refractivity contribution in [3.8, 4) is 0 Å². The van der Waals surface area contributed by atoms with Crippen LogP contribution >= 0.6 is 0 Å². The van der Waals surface area contributed by atoms with Crippen molar-refractivity contribution < 1.29 is 4.74 Å². The molecule has 4 rings (SSSR count). The highest BCUT2D eigenvalue weighted by Gasteiger charge is 2.43. The number of aromatic nitrogens is 2. The van der Waals surface area contributed by atoms with E-state index in [1.807, 2.05) is 18.5 Å². The fraction of sp³-hybridized carbons (Fsp3) is 0.733. The molecule has 3 fully saturated rings. The van der Waals surface area contributed by atoms with Gasteiger partial charge in [-0.1, -0.05) is 0 Å². The van der Waals surface area contributed by atoms with Crippen molar-refractivity contribution in [3.05, 3.63) is 18.5 Å². The van der Waals surface area contributed by atoms with Gasteiger partial charge in [0.15, 0.2) is 0 Å². The molecule has 0 spiro atoms. The number of hydrogen-bond acceptors (Lipinski definition) is 5. The van der Waals surface area contributed by atoms with Crippen LogP contribution in [0.4, 0.5) is 5.95 Å². The molecule has 1 aromatic rings. The molecule has 0 aliphatic carbocycles. The van der Waals surface area contributed by atoms with Crippen LogP contribution in [-0.2, 0) is 4.74 Å². The topological polar surface area (TPSA) is 41.5 Å². The summed E-state index contributed by atoms with van der Waals surface area (Å²) in [6, 6.07) is 3.19. The molecular weight excluding hydrogens is 252 g/mol. The molecule has 5 nitrogen and oxygen atoms in total. The summed E-state index contributed by atoms with van der Waals surface area (Å²) in [6.07, 6.45) is 7.42. The first-order valence-electron chi connectivity index (χ1n) is 7.77. The lowest BCUT2D eigenvalue weighted by Gasteiger charge is -2.27. The van der Waals surface area contributed by atoms with E-state index >= 15 is 0 Å². The van der Waals surface area contributed by atoms with Gasteiger partial charge >= 0.3 is 0 Å². The number of nitrogens with zero attached hydrogens (tertiary/aromatic N) is 4. The first-order valence-corrected chi connectivity index (χ1v) is 7.77. The Kier molecular flexibility index (Phi) is 3.32. The lowest BCUT2D eigenvalue weighted by molar-refractivity contribution is 0.162. The zero-order valence-electron chi connectivity index (χ0n) is 11.8. The van der Waals surface area contributed by atoms with Gasteiger partial charge in [0.1, 0.15) is 0 Å². The van der Waals surface area contributed by atoms with Gasteiger partial charge in [-0.3, -0.25) is 4.90 Å². The van der Waals surface area contributed by atoms with E-state index in [0.29, 0.717) is 12.1 Å². The highest BCUT2D eigenvalue weighted by Crippen LogP contribution is 2.34. The summed E-state index contributed by atoms with van der Waals surface area (Å²) in [5.74, 6) is 1.65. The predicted molar refractivity (Wildman–Crippen MR) is 76.7 cm³/mol. The lowest BCUT2D eigenvalue weighted by Crippen LogP contribution is -2.39. The van der Waals surface area contributed by atoms with Crippen molar-refractivity contribution in [2.45, 2.75) is 31.3 Å². The quantitative estimate of drug-likeness (QED) is 0.827. The summed E-state index contributed by atoms with van der Waals surface area (Å²) in [5.41, 5.74) is 0. The fourth-order valence-electron chi connectivity index (χ4n) is 4.05. The minimum Gasteiger partial charge on any atom is -0.381 e. The number of anilines is 1. The zero-order chi connectivity index (χ0) is 13.4. The summed E-state index contributed by atoms with van der Waals surface area (Å²) in [6.45, 7) is 5.44. The van der Waals surface area contributed by atoms with Crippen molar-refractivity contribution in [2.24, 2.45) is 5.92 Å². The van der Waals surface area contributed by atoms with Gasteiger partial charge in [0, 0.05) is 50.7 Å². The van der Waals surface area contributed by atoms with E-state index in [4.69, 9.17) is 4.74 Å². The summed E-state index contributed by atoms with van der Waals surface area (Å²) in [4.78, 5) is 14.0. The Morgan fingerprint density at radius 3 is 2.75 bits per heavy atom. The second-order valence-corrected chi connectivity index (χ2v) is 6.18. The SMILES string of the molecule is c1cnc(N2CC[C@@H]3[C@@H]2CCN3CC2CCOC2)nc1. The highest BCUT2D eigenvalue weighted by atomic mass is 16.5. The van der Waals surface area contributed by atoms with Gasteiger partial charge in [0.2, 0.25) is 5.95 Å². The van der Waals surface area contributed by atoms with Gasteiger partial charge in [-0.25, -0.2) is 9.97 Å². The molecule has 5 heteroatoms. The number of fused-ring (bicyclic) bond motifs is 1. The molecule has 0 saturated carbocycles. The molecule has 0 radical (unpaired) electrons. The van der Waals surface area contributed by atoms with Crippen molar-refractivity contribution >= 4 is 5.95 Å². The molecule has 0 aromatic carbocycles. The van der Waals surface area contributed by atoms with Crippen LogP contribution in [0.1, 0.15) is 19.3 Å². The molecule has 0 N–H and O–H groups in total. The van der Waals surface area contributed by atoms with Crippen LogP contribution in [0.15, 0.2) is 18.5 Å². The van der Waals surface area contributed by atoms with Gasteiger partial charge in [-0.05, 0) is 31.2 Å². The van der Waals surface area contributed by atoms with Crippen LogP contribution in [0.3, 0.4) is 0 Å². The van der Waals surface area contributed by atoms with Crippen LogP contribution in [-0.4, -0.2) is 59.8 Å². The number of hydrogen-bond donors (Lipinski definition) is 0. The van der Waals surface area contributed by atoms with E-state index in [9.17, 15) is 0 Å². The van der Waals surface area contributed by atoms with Gasteiger partial charge in [-0.15, -0.1) is 0 Å².